The summed E-state index contributed by atoms with van der Waals surface area (Å²) in [5.74, 6) is -0.634. The Morgan fingerprint density at radius 2 is 1.62 bits per heavy atom. The Kier molecular flexibility index (Phi) is 5.28. The number of amides is 1. The van der Waals surface area contributed by atoms with Crippen molar-refractivity contribution >= 4 is 56.5 Å². The number of fused-ring (bicyclic) bond motifs is 1. The summed E-state index contributed by atoms with van der Waals surface area (Å²) in [6.07, 6.45) is 0. The fraction of sp³-hybridized carbons (Fsp3) is 0.130. The normalized spacial score (nSPS) is 18.7. The lowest BCUT2D eigenvalue weighted by Crippen LogP contribution is -2.54. The molecule has 29 heavy (non-hydrogen) atoms. The minimum atomic E-state index is -1.39. The second-order valence-corrected chi connectivity index (χ2v) is 8.88. The molecular weight excluding hydrogens is 473 g/mol. The van der Waals surface area contributed by atoms with E-state index in [0.717, 1.165) is 10.0 Å². The summed E-state index contributed by atoms with van der Waals surface area (Å²) in [6.45, 7) is 1.97. The van der Waals surface area contributed by atoms with Crippen molar-refractivity contribution in [1.29, 1.82) is 0 Å². The standard InChI is InChI=1S/C23H16BrCl2NO2/c1-23(15-7-9-16(24)10-8-15)21(28)20-18(26)11-17(25)12-19(20)27(22(23)29)13-14-5-3-2-4-6-14/h2-12H,13H2,1H3. The van der Waals surface area contributed by atoms with Gasteiger partial charge < -0.3 is 4.90 Å². The minimum absolute atomic E-state index is 0.242. The van der Waals surface area contributed by atoms with Crippen LogP contribution in [0, 0.1) is 0 Å². The number of anilines is 1. The Bertz CT molecular complexity index is 1120. The molecular formula is C23H16BrCl2NO2. The van der Waals surface area contributed by atoms with Gasteiger partial charge in [0.05, 0.1) is 22.8 Å². The van der Waals surface area contributed by atoms with E-state index in [-0.39, 0.29) is 16.7 Å². The van der Waals surface area contributed by atoms with Gasteiger partial charge in [-0.1, -0.05) is 81.6 Å². The summed E-state index contributed by atoms with van der Waals surface area (Å²) in [6, 6.07) is 20.0. The van der Waals surface area contributed by atoms with Crippen LogP contribution in [0.5, 0.6) is 0 Å². The van der Waals surface area contributed by atoms with E-state index >= 15 is 0 Å². The Balaban J connectivity index is 1.93. The Hall–Kier alpha value is -2.14. The molecule has 4 rings (SSSR count). The van der Waals surface area contributed by atoms with Crippen molar-refractivity contribution in [3.05, 3.63) is 97.9 Å². The Morgan fingerprint density at radius 3 is 2.28 bits per heavy atom. The lowest BCUT2D eigenvalue weighted by atomic mass is 9.72. The smallest absolute Gasteiger partial charge is 0.245 e. The molecule has 0 fully saturated rings. The van der Waals surface area contributed by atoms with Gasteiger partial charge in [-0.2, -0.15) is 0 Å². The fourth-order valence-corrected chi connectivity index (χ4v) is 4.52. The van der Waals surface area contributed by atoms with Crippen molar-refractivity contribution in [3.8, 4) is 0 Å². The molecule has 1 heterocycles. The van der Waals surface area contributed by atoms with Crippen LogP contribution in [0.15, 0.2) is 71.2 Å². The Morgan fingerprint density at radius 1 is 0.966 bits per heavy atom. The predicted molar refractivity (Wildman–Crippen MR) is 120 cm³/mol. The van der Waals surface area contributed by atoms with Crippen molar-refractivity contribution in [1.82, 2.24) is 0 Å². The number of carbonyl (C=O) groups excluding carboxylic acids is 2. The van der Waals surface area contributed by atoms with Gasteiger partial charge in [-0.3, -0.25) is 9.59 Å². The van der Waals surface area contributed by atoms with Gasteiger partial charge in [0.1, 0.15) is 5.41 Å². The van der Waals surface area contributed by atoms with Crippen LogP contribution in [0.3, 0.4) is 0 Å². The number of carbonyl (C=O) groups is 2. The van der Waals surface area contributed by atoms with Gasteiger partial charge in [0.2, 0.25) is 5.91 Å². The molecule has 0 saturated heterocycles. The number of hydrogen-bond donors (Lipinski definition) is 0. The quantitative estimate of drug-likeness (QED) is 0.397. The third kappa shape index (κ3) is 3.39. The second-order valence-electron chi connectivity index (χ2n) is 7.12. The maximum absolute atomic E-state index is 13.7. The zero-order valence-corrected chi connectivity index (χ0v) is 18.6. The molecule has 0 aliphatic carbocycles. The highest BCUT2D eigenvalue weighted by Gasteiger charge is 2.51. The monoisotopic (exact) mass is 487 g/mol. The minimum Gasteiger partial charge on any atom is -0.306 e. The van der Waals surface area contributed by atoms with E-state index in [4.69, 9.17) is 23.2 Å². The number of rotatable bonds is 3. The maximum Gasteiger partial charge on any atom is 0.245 e. The molecule has 3 aromatic rings. The van der Waals surface area contributed by atoms with Gasteiger partial charge in [0.15, 0.2) is 5.78 Å². The van der Waals surface area contributed by atoms with Gasteiger partial charge in [0.25, 0.3) is 0 Å². The lowest BCUT2D eigenvalue weighted by molar-refractivity contribution is -0.122. The molecule has 1 aliphatic heterocycles. The number of benzene rings is 3. The van der Waals surface area contributed by atoms with Crippen LogP contribution in [0.4, 0.5) is 5.69 Å². The van der Waals surface area contributed by atoms with Crippen LogP contribution >= 0.6 is 39.1 Å². The predicted octanol–water partition coefficient (Wildman–Crippen LogP) is 6.44. The Labute approximate surface area is 187 Å². The second kappa shape index (κ2) is 7.60. The zero-order chi connectivity index (χ0) is 20.8. The highest BCUT2D eigenvalue weighted by Crippen LogP contribution is 2.44. The number of nitrogens with zero attached hydrogens (tertiary/aromatic N) is 1. The average molecular weight is 489 g/mol. The topological polar surface area (TPSA) is 37.4 Å². The first-order valence-corrected chi connectivity index (χ1v) is 10.5. The molecule has 0 aromatic heterocycles. The lowest BCUT2D eigenvalue weighted by Gasteiger charge is -2.40. The fourth-order valence-electron chi connectivity index (χ4n) is 3.68. The van der Waals surface area contributed by atoms with Crippen LogP contribution < -0.4 is 4.90 Å². The number of halogens is 3. The zero-order valence-electron chi connectivity index (χ0n) is 15.5. The molecule has 0 N–H and O–H groups in total. The molecule has 0 spiro atoms. The number of ketones is 1. The van der Waals surface area contributed by atoms with E-state index in [2.05, 4.69) is 15.9 Å². The van der Waals surface area contributed by atoms with E-state index in [1.165, 1.54) is 0 Å². The summed E-state index contributed by atoms with van der Waals surface area (Å²) in [5.41, 5.74) is 0.925. The van der Waals surface area contributed by atoms with Crippen LogP contribution in [0.25, 0.3) is 0 Å². The highest BCUT2D eigenvalue weighted by atomic mass is 79.9. The van der Waals surface area contributed by atoms with Crippen LogP contribution in [0.1, 0.15) is 28.4 Å². The summed E-state index contributed by atoms with van der Waals surface area (Å²) in [7, 11) is 0. The van der Waals surface area contributed by atoms with Gasteiger partial charge >= 0.3 is 0 Å². The van der Waals surface area contributed by atoms with Crippen molar-refractivity contribution in [2.45, 2.75) is 18.9 Å². The first-order valence-electron chi connectivity index (χ1n) is 8.98. The maximum atomic E-state index is 13.7. The molecule has 3 nitrogen and oxygen atoms in total. The van der Waals surface area contributed by atoms with Crippen LogP contribution in [0.2, 0.25) is 10.0 Å². The van der Waals surface area contributed by atoms with E-state index < -0.39 is 5.41 Å². The molecule has 0 bridgehead atoms. The van der Waals surface area contributed by atoms with E-state index in [9.17, 15) is 9.59 Å². The van der Waals surface area contributed by atoms with Gasteiger partial charge in [0, 0.05) is 9.50 Å². The van der Waals surface area contributed by atoms with Crippen LogP contribution in [-0.2, 0) is 16.8 Å². The largest absolute Gasteiger partial charge is 0.306 e. The van der Waals surface area contributed by atoms with Crippen LogP contribution in [-0.4, -0.2) is 11.7 Å². The number of Topliss-reactive ketones (excluding diaryl/α,β-unsaturated/α-hetero) is 1. The van der Waals surface area contributed by atoms with Gasteiger partial charge in [-0.25, -0.2) is 0 Å². The SMILES string of the molecule is CC1(c2ccc(Br)cc2)C(=O)c2c(Cl)cc(Cl)cc2N(Cc2ccccc2)C1=O. The molecule has 1 atom stereocenters. The third-order valence-electron chi connectivity index (χ3n) is 5.28. The first kappa shape index (κ1) is 20.1. The molecule has 1 amide bonds. The molecule has 146 valence electrons. The molecule has 0 radical (unpaired) electrons. The first-order chi connectivity index (χ1) is 13.8. The third-order valence-corrected chi connectivity index (χ3v) is 6.33. The van der Waals surface area contributed by atoms with Crippen molar-refractivity contribution in [2.24, 2.45) is 0 Å². The summed E-state index contributed by atoms with van der Waals surface area (Å²) in [5, 5.41) is 0.617. The molecule has 0 saturated carbocycles. The van der Waals surface area contributed by atoms with Gasteiger partial charge in [-0.05, 0) is 42.3 Å². The molecule has 1 unspecified atom stereocenters. The summed E-state index contributed by atoms with van der Waals surface area (Å²) >= 11 is 16.1. The van der Waals surface area contributed by atoms with E-state index in [1.807, 2.05) is 42.5 Å². The van der Waals surface area contributed by atoms with E-state index in [1.54, 1.807) is 36.1 Å². The molecule has 3 aromatic carbocycles. The molecule has 6 heteroatoms. The van der Waals surface area contributed by atoms with E-state index in [0.29, 0.717) is 28.4 Å². The highest BCUT2D eigenvalue weighted by molar-refractivity contribution is 9.10. The number of hydrogen-bond acceptors (Lipinski definition) is 2. The molecule has 1 aliphatic rings. The summed E-state index contributed by atoms with van der Waals surface area (Å²) < 4.78 is 0.868. The van der Waals surface area contributed by atoms with Gasteiger partial charge in [-0.15, -0.1) is 0 Å². The summed E-state index contributed by atoms with van der Waals surface area (Å²) in [4.78, 5) is 28.9. The average Bonchev–Trinajstić information content (AvgIpc) is 2.70. The van der Waals surface area contributed by atoms with Crippen molar-refractivity contribution < 1.29 is 9.59 Å². The van der Waals surface area contributed by atoms with Crippen molar-refractivity contribution in [2.75, 3.05) is 4.90 Å². The van der Waals surface area contributed by atoms with Crippen molar-refractivity contribution in [3.63, 3.8) is 0 Å².